The Balaban J connectivity index is 1.53. The highest BCUT2D eigenvalue weighted by Crippen LogP contribution is 2.26. The molecule has 0 aliphatic rings. The molecule has 0 spiro atoms. The van der Waals surface area contributed by atoms with Gasteiger partial charge < -0.3 is 9.73 Å². The van der Waals surface area contributed by atoms with Crippen LogP contribution in [0.25, 0.3) is 11.5 Å². The van der Waals surface area contributed by atoms with Gasteiger partial charge in [-0.15, -0.1) is 22.7 Å². The SMILES string of the molecule is Cc1ccc(-c2csc(NC(=O)CCC(=O)c3ccc(C)s3)n2)o1. The summed E-state index contributed by atoms with van der Waals surface area (Å²) in [6, 6.07) is 7.42. The van der Waals surface area contributed by atoms with Crippen molar-refractivity contribution in [3.63, 3.8) is 0 Å². The van der Waals surface area contributed by atoms with Gasteiger partial charge in [-0.1, -0.05) is 0 Å². The minimum Gasteiger partial charge on any atom is -0.460 e. The van der Waals surface area contributed by atoms with Gasteiger partial charge >= 0.3 is 0 Å². The van der Waals surface area contributed by atoms with Crippen molar-refractivity contribution in [3.05, 3.63) is 45.2 Å². The number of furan rings is 1. The van der Waals surface area contributed by atoms with E-state index in [9.17, 15) is 9.59 Å². The second-order valence-electron chi connectivity index (χ2n) is 5.33. The van der Waals surface area contributed by atoms with Crippen LogP contribution in [0.5, 0.6) is 0 Å². The van der Waals surface area contributed by atoms with Crippen LogP contribution in [0, 0.1) is 13.8 Å². The van der Waals surface area contributed by atoms with Gasteiger partial charge in [-0.05, 0) is 38.1 Å². The number of hydrogen-bond donors (Lipinski definition) is 1. The predicted molar refractivity (Wildman–Crippen MR) is 95.8 cm³/mol. The summed E-state index contributed by atoms with van der Waals surface area (Å²) in [4.78, 5) is 30.1. The Bertz CT molecular complexity index is 876. The van der Waals surface area contributed by atoms with E-state index in [1.54, 1.807) is 6.07 Å². The standard InChI is InChI=1S/C17H16N2O3S2/c1-10-3-6-14(22-10)12-9-23-17(18-12)19-16(21)8-5-13(20)15-7-4-11(2)24-15/h3-4,6-7,9H,5,8H2,1-2H3,(H,18,19,21). The van der Waals surface area contributed by atoms with Crippen LogP contribution in [0.2, 0.25) is 0 Å². The van der Waals surface area contributed by atoms with Gasteiger partial charge in [0.05, 0.1) is 4.88 Å². The number of ketones is 1. The number of thiophene rings is 1. The van der Waals surface area contributed by atoms with Crippen molar-refractivity contribution in [2.45, 2.75) is 26.7 Å². The highest BCUT2D eigenvalue weighted by Gasteiger charge is 2.13. The van der Waals surface area contributed by atoms with E-state index in [-0.39, 0.29) is 24.5 Å². The number of rotatable bonds is 6. The molecule has 0 aromatic carbocycles. The summed E-state index contributed by atoms with van der Waals surface area (Å²) in [6.07, 6.45) is 0.339. The lowest BCUT2D eigenvalue weighted by Gasteiger charge is -2.00. The molecule has 3 rings (SSSR count). The van der Waals surface area contributed by atoms with Crippen LogP contribution < -0.4 is 5.32 Å². The molecular formula is C17H16N2O3S2. The molecule has 0 aliphatic heterocycles. The number of carbonyl (C=O) groups is 2. The first-order chi connectivity index (χ1) is 11.5. The summed E-state index contributed by atoms with van der Waals surface area (Å²) >= 11 is 2.78. The molecule has 0 saturated heterocycles. The number of nitrogens with zero attached hydrogens (tertiary/aromatic N) is 1. The molecule has 1 N–H and O–H groups in total. The second-order valence-corrected chi connectivity index (χ2v) is 7.48. The number of thiazole rings is 1. The Labute approximate surface area is 147 Å². The van der Waals surface area contributed by atoms with Gasteiger partial charge in [0.1, 0.15) is 11.5 Å². The predicted octanol–water partition coefficient (Wildman–Crippen LogP) is 4.68. The molecular weight excluding hydrogens is 344 g/mol. The minimum absolute atomic E-state index is 0.00543. The summed E-state index contributed by atoms with van der Waals surface area (Å²) in [5, 5.41) is 5.06. The topological polar surface area (TPSA) is 72.2 Å². The summed E-state index contributed by atoms with van der Waals surface area (Å²) in [6.45, 7) is 3.82. The fourth-order valence-electron chi connectivity index (χ4n) is 2.13. The van der Waals surface area contributed by atoms with E-state index in [0.29, 0.717) is 21.5 Å². The summed E-state index contributed by atoms with van der Waals surface area (Å²) in [5.41, 5.74) is 0.688. The Morgan fingerprint density at radius 2 is 2.00 bits per heavy atom. The van der Waals surface area contributed by atoms with Crippen molar-refractivity contribution < 1.29 is 14.0 Å². The van der Waals surface area contributed by atoms with Crippen LogP contribution in [0.15, 0.2) is 34.1 Å². The Hall–Kier alpha value is -2.25. The number of aryl methyl sites for hydroxylation is 2. The van der Waals surface area contributed by atoms with Gasteiger partial charge in [-0.2, -0.15) is 0 Å². The summed E-state index contributed by atoms with van der Waals surface area (Å²) < 4.78 is 5.51. The average molecular weight is 360 g/mol. The Kier molecular flexibility index (Phi) is 4.92. The largest absolute Gasteiger partial charge is 0.460 e. The minimum atomic E-state index is -0.215. The molecule has 0 saturated carbocycles. The van der Waals surface area contributed by atoms with Gasteiger partial charge in [0, 0.05) is 23.1 Å². The van der Waals surface area contributed by atoms with Gasteiger partial charge in [-0.25, -0.2) is 4.98 Å². The first-order valence-corrected chi connectivity index (χ1v) is 9.13. The van der Waals surface area contributed by atoms with E-state index in [4.69, 9.17) is 4.42 Å². The molecule has 0 fully saturated rings. The maximum Gasteiger partial charge on any atom is 0.226 e. The lowest BCUT2D eigenvalue weighted by molar-refractivity contribution is -0.116. The molecule has 124 valence electrons. The molecule has 3 aromatic heterocycles. The molecule has 0 radical (unpaired) electrons. The van der Waals surface area contributed by atoms with Gasteiger partial charge in [-0.3, -0.25) is 9.59 Å². The van der Waals surface area contributed by atoms with Crippen molar-refractivity contribution in [2.24, 2.45) is 0 Å². The zero-order valence-electron chi connectivity index (χ0n) is 13.3. The number of nitrogens with one attached hydrogen (secondary N) is 1. The molecule has 0 atom stereocenters. The Morgan fingerprint density at radius 3 is 2.67 bits per heavy atom. The first kappa shape index (κ1) is 16.6. The lowest BCUT2D eigenvalue weighted by Crippen LogP contribution is -2.13. The number of anilines is 1. The van der Waals surface area contributed by atoms with Crippen LogP contribution in [0.3, 0.4) is 0 Å². The normalized spacial score (nSPS) is 10.8. The van der Waals surface area contributed by atoms with Crippen molar-refractivity contribution >= 4 is 39.5 Å². The van der Waals surface area contributed by atoms with Crippen molar-refractivity contribution in [1.82, 2.24) is 4.98 Å². The average Bonchev–Trinajstić information content (AvgIpc) is 3.26. The molecule has 3 aromatic rings. The molecule has 5 nitrogen and oxygen atoms in total. The van der Waals surface area contributed by atoms with E-state index in [2.05, 4.69) is 10.3 Å². The molecule has 7 heteroatoms. The Morgan fingerprint density at radius 1 is 1.17 bits per heavy atom. The zero-order chi connectivity index (χ0) is 17.1. The van der Waals surface area contributed by atoms with E-state index in [1.807, 2.05) is 37.4 Å². The number of carbonyl (C=O) groups excluding carboxylic acids is 2. The third-order valence-electron chi connectivity index (χ3n) is 3.34. The molecule has 1 amide bonds. The summed E-state index contributed by atoms with van der Waals surface area (Å²) in [7, 11) is 0. The number of aromatic nitrogens is 1. The van der Waals surface area contributed by atoms with E-state index in [1.165, 1.54) is 22.7 Å². The number of Topliss-reactive ketones (excluding diaryl/α,β-unsaturated/α-hetero) is 1. The fourth-order valence-corrected chi connectivity index (χ4v) is 3.68. The van der Waals surface area contributed by atoms with E-state index >= 15 is 0 Å². The van der Waals surface area contributed by atoms with Gasteiger partial charge in [0.2, 0.25) is 5.91 Å². The van der Waals surface area contributed by atoms with Crippen LogP contribution >= 0.6 is 22.7 Å². The highest BCUT2D eigenvalue weighted by molar-refractivity contribution is 7.14. The third-order valence-corrected chi connectivity index (χ3v) is 5.14. The number of hydrogen-bond acceptors (Lipinski definition) is 6. The smallest absolute Gasteiger partial charge is 0.226 e. The van der Waals surface area contributed by atoms with Crippen LogP contribution in [0.4, 0.5) is 5.13 Å². The second kappa shape index (κ2) is 7.11. The van der Waals surface area contributed by atoms with Gasteiger partial charge in [0.25, 0.3) is 0 Å². The van der Waals surface area contributed by atoms with Crippen molar-refractivity contribution in [3.8, 4) is 11.5 Å². The quantitative estimate of drug-likeness (QED) is 0.648. The highest BCUT2D eigenvalue weighted by atomic mass is 32.1. The van der Waals surface area contributed by atoms with Crippen LogP contribution in [0.1, 0.15) is 33.2 Å². The monoisotopic (exact) mass is 360 g/mol. The molecule has 24 heavy (non-hydrogen) atoms. The number of amides is 1. The van der Waals surface area contributed by atoms with Gasteiger partial charge in [0.15, 0.2) is 16.7 Å². The molecule has 3 heterocycles. The maximum absolute atomic E-state index is 12.0. The maximum atomic E-state index is 12.0. The molecule has 0 unspecified atom stereocenters. The van der Waals surface area contributed by atoms with E-state index < -0.39 is 0 Å². The lowest BCUT2D eigenvalue weighted by atomic mass is 10.2. The van der Waals surface area contributed by atoms with Crippen molar-refractivity contribution in [2.75, 3.05) is 5.32 Å². The molecule has 0 bridgehead atoms. The summed E-state index contributed by atoms with van der Waals surface area (Å²) in [5.74, 6) is 1.26. The van der Waals surface area contributed by atoms with Crippen LogP contribution in [-0.2, 0) is 4.79 Å². The first-order valence-electron chi connectivity index (χ1n) is 7.43. The van der Waals surface area contributed by atoms with E-state index in [0.717, 1.165) is 10.6 Å². The fraction of sp³-hybridized carbons (Fsp3) is 0.235. The third kappa shape index (κ3) is 3.98. The zero-order valence-corrected chi connectivity index (χ0v) is 14.9. The van der Waals surface area contributed by atoms with Crippen molar-refractivity contribution in [1.29, 1.82) is 0 Å². The molecule has 0 aliphatic carbocycles. The van der Waals surface area contributed by atoms with Crippen LogP contribution in [-0.4, -0.2) is 16.7 Å².